The van der Waals surface area contributed by atoms with Crippen molar-refractivity contribution in [2.45, 2.75) is 44.8 Å². The molecule has 1 aromatic rings. The Morgan fingerprint density at radius 3 is 2.72 bits per heavy atom. The van der Waals surface area contributed by atoms with Gasteiger partial charge in [-0.2, -0.15) is 0 Å². The fourth-order valence-electron chi connectivity index (χ4n) is 4.84. The molecule has 25 heavy (non-hydrogen) atoms. The van der Waals surface area contributed by atoms with Gasteiger partial charge >= 0.3 is 11.9 Å². The zero-order chi connectivity index (χ0) is 17.6. The number of carbonyl (C=O) groups excluding carboxylic acids is 3. The highest BCUT2D eigenvalue weighted by Crippen LogP contribution is 2.58. The SMILES string of the molecule is CCC[C@H](OC(=O)[C@@H]1[C@@H]2C[C@@H]3[C@H]1C(=O)O[C@@H]3C2)C(=O)c1ccccc1. The van der Waals surface area contributed by atoms with E-state index in [9.17, 15) is 14.4 Å². The van der Waals surface area contributed by atoms with Crippen molar-refractivity contribution in [2.24, 2.45) is 23.7 Å². The summed E-state index contributed by atoms with van der Waals surface area (Å²) in [6, 6.07) is 8.89. The van der Waals surface area contributed by atoms with E-state index in [0.717, 1.165) is 19.3 Å². The molecule has 1 saturated heterocycles. The smallest absolute Gasteiger partial charge is 0.310 e. The number of rotatable bonds is 6. The zero-order valence-corrected chi connectivity index (χ0v) is 14.2. The van der Waals surface area contributed by atoms with Crippen LogP contribution in [0.25, 0.3) is 0 Å². The Morgan fingerprint density at radius 2 is 2.00 bits per heavy atom. The number of esters is 2. The van der Waals surface area contributed by atoms with E-state index >= 15 is 0 Å². The molecule has 0 radical (unpaired) electrons. The second-order valence-corrected chi connectivity index (χ2v) is 7.37. The van der Waals surface area contributed by atoms with Gasteiger partial charge in [-0.25, -0.2) is 0 Å². The molecular weight excluding hydrogens is 320 g/mol. The van der Waals surface area contributed by atoms with Gasteiger partial charge in [-0.1, -0.05) is 43.7 Å². The summed E-state index contributed by atoms with van der Waals surface area (Å²) in [4.78, 5) is 37.6. The van der Waals surface area contributed by atoms with Crippen LogP contribution in [0.5, 0.6) is 0 Å². The predicted molar refractivity (Wildman–Crippen MR) is 88.6 cm³/mol. The molecule has 5 heteroatoms. The van der Waals surface area contributed by atoms with Crippen molar-refractivity contribution in [1.29, 1.82) is 0 Å². The molecule has 1 aliphatic heterocycles. The fourth-order valence-corrected chi connectivity index (χ4v) is 4.84. The predicted octanol–water partition coefficient (Wildman–Crippen LogP) is 2.78. The molecule has 1 heterocycles. The van der Waals surface area contributed by atoms with Crippen molar-refractivity contribution in [3.63, 3.8) is 0 Å². The summed E-state index contributed by atoms with van der Waals surface area (Å²) < 4.78 is 11.0. The van der Waals surface area contributed by atoms with Crippen LogP contribution in [-0.4, -0.2) is 29.9 Å². The number of hydrogen-bond acceptors (Lipinski definition) is 5. The molecule has 3 fully saturated rings. The van der Waals surface area contributed by atoms with Gasteiger partial charge in [0.05, 0.1) is 11.8 Å². The lowest BCUT2D eigenvalue weighted by Crippen LogP contribution is -2.37. The molecule has 6 atom stereocenters. The van der Waals surface area contributed by atoms with Crippen LogP contribution in [0, 0.1) is 23.7 Å². The first-order chi connectivity index (χ1) is 12.1. The molecule has 132 valence electrons. The first-order valence-corrected chi connectivity index (χ1v) is 9.10. The van der Waals surface area contributed by atoms with Gasteiger partial charge in [0.2, 0.25) is 5.78 Å². The van der Waals surface area contributed by atoms with Crippen molar-refractivity contribution < 1.29 is 23.9 Å². The highest BCUT2D eigenvalue weighted by molar-refractivity contribution is 6.00. The Bertz CT molecular complexity index is 695. The van der Waals surface area contributed by atoms with Crippen LogP contribution in [-0.2, 0) is 19.1 Å². The van der Waals surface area contributed by atoms with E-state index in [1.54, 1.807) is 24.3 Å². The maximum Gasteiger partial charge on any atom is 0.310 e. The van der Waals surface area contributed by atoms with Crippen LogP contribution < -0.4 is 0 Å². The second kappa shape index (κ2) is 6.28. The molecule has 5 nitrogen and oxygen atoms in total. The summed E-state index contributed by atoms with van der Waals surface area (Å²) in [5, 5.41) is 0. The van der Waals surface area contributed by atoms with Crippen molar-refractivity contribution in [3.05, 3.63) is 35.9 Å². The van der Waals surface area contributed by atoms with Gasteiger partial charge in [0.15, 0.2) is 6.10 Å². The van der Waals surface area contributed by atoms with Crippen LogP contribution in [0.4, 0.5) is 0 Å². The van der Waals surface area contributed by atoms with Crippen molar-refractivity contribution in [1.82, 2.24) is 0 Å². The first kappa shape index (κ1) is 16.3. The molecule has 0 unspecified atom stereocenters. The first-order valence-electron chi connectivity index (χ1n) is 9.10. The third kappa shape index (κ3) is 2.66. The standard InChI is InChI=1S/C20H22O5/c1-2-6-14(18(21)11-7-4-3-5-8-11)24-19(22)16-12-9-13-15(10-12)25-20(23)17(13)16/h3-5,7-8,12-17H,2,6,9-10H2,1H3/t12-,13+,14+,15-,16-,17-/m1/s1. The van der Waals surface area contributed by atoms with Crippen molar-refractivity contribution >= 4 is 17.7 Å². The van der Waals surface area contributed by atoms with Crippen LogP contribution >= 0.6 is 0 Å². The average molecular weight is 342 g/mol. The van der Waals surface area contributed by atoms with Crippen molar-refractivity contribution in [3.8, 4) is 0 Å². The van der Waals surface area contributed by atoms with Gasteiger partial charge in [-0.15, -0.1) is 0 Å². The van der Waals surface area contributed by atoms with Gasteiger partial charge in [0.25, 0.3) is 0 Å². The van der Waals surface area contributed by atoms with Gasteiger partial charge in [-0.05, 0) is 25.2 Å². The van der Waals surface area contributed by atoms with E-state index in [2.05, 4.69) is 0 Å². The molecule has 2 bridgehead atoms. The molecule has 2 saturated carbocycles. The number of carbonyl (C=O) groups is 3. The minimum atomic E-state index is -0.785. The average Bonchev–Trinajstić information content (AvgIpc) is 3.23. The Hall–Kier alpha value is -2.17. The third-order valence-corrected chi connectivity index (χ3v) is 5.92. The minimum absolute atomic E-state index is 0.0102. The topological polar surface area (TPSA) is 69.7 Å². The van der Waals surface area contributed by atoms with E-state index in [4.69, 9.17) is 9.47 Å². The molecule has 0 spiro atoms. The molecule has 2 aliphatic carbocycles. The third-order valence-electron chi connectivity index (χ3n) is 5.92. The van der Waals surface area contributed by atoms with E-state index < -0.39 is 18.0 Å². The maximum absolute atomic E-state index is 12.8. The summed E-state index contributed by atoms with van der Waals surface area (Å²) in [6.45, 7) is 1.95. The summed E-state index contributed by atoms with van der Waals surface area (Å²) >= 11 is 0. The Balaban J connectivity index is 1.50. The van der Waals surface area contributed by atoms with Crippen molar-refractivity contribution in [2.75, 3.05) is 0 Å². The number of Topliss-reactive ketones (excluding diaryl/α,β-unsaturated/α-hetero) is 1. The Morgan fingerprint density at radius 1 is 1.24 bits per heavy atom. The number of hydrogen-bond donors (Lipinski definition) is 0. The van der Waals surface area contributed by atoms with Crippen LogP contribution in [0.3, 0.4) is 0 Å². The van der Waals surface area contributed by atoms with Gasteiger partial charge in [0.1, 0.15) is 6.10 Å². The van der Waals surface area contributed by atoms with E-state index in [0.29, 0.717) is 12.0 Å². The Labute approximate surface area is 146 Å². The summed E-state index contributed by atoms with van der Waals surface area (Å²) in [5.74, 6) is -1.36. The largest absolute Gasteiger partial charge is 0.462 e. The van der Waals surface area contributed by atoms with E-state index in [-0.39, 0.29) is 35.6 Å². The quantitative estimate of drug-likeness (QED) is 0.587. The highest BCUT2D eigenvalue weighted by Gasteiger charge is 2.64. The number of ketones is 1. The second-order valence-electron chi connectivity index (χ2n) is 7.37. The Kier molecular flexibility index (Phi) is 4.10. The molecule has 1 aromatic carbocycles. The molecule has 4 rings (SSSR count). The van der Waals surface area contributed by atoms with Crippen LogP contribution in [0.2, 0.25) is 0 Å². The number of fused-ring (bicyclic) bond motifs is 1. The summed E-state index contributed by atoms with van der Waals surface area (Å²) in [7, 11) is 0. The minimum Gasteiger partial charge on any atom is -0.462 e. The maximum atomic E-state index is 12.8. The highest BCUT2D eigenvalue weighted by atomic mass is 16.6. The zero-order valence-electron chi connectivity index (χ0n) is 14.2. The lowest BCUT2D eigenvalue weighted by atomic mass is 9.80. The van der Waals surface area contributed by atoms with Gasteiger partial charge in [-0.3, -0.25) is 14.4 Å². The van der Waals surface area contributed by atoms with E-state index in [1.807, 2.05) is 13.0 Å². The van der Waals surface area contributed by atoms with Gasteiger partial charge < -0.3 is 9.47 Å². The monoisotopic (exact) mass is 342 g/mol. The normalized spacial score (nSPS) is 33.2. The molecular formula is C20H22O5. The molecule has 0 aromatic heterocycles. The van der Waals surface area contributed by atoms with Crippen LogP contribution in [0.1, 0.15) is 43.0 Å². The fraction of sp³-hybridized carbons (Fsp3) is 0.550. The van der Waals surface area contributed by atoms with Crippen LogP contribution in [0.15, 0.2) is 30.3 Å². The lowest BCUT2D eigenvalue weighted by molar-refractivity contribution is -0.158. The molecule has 0 amide bonds. The van der Waals surface area contributed by atoms with Gasteiger partial charge in [0, 0.05) is 11.5 Å². The number of benzene rings is 1. The molecule has 3 aliphatic rings. The van der Waals surface area contributed by atoms with E-state index in [1.165, 1.54) is 0 Å². The lowest BCUT2D eigenvalue weighted by Gasteiger charge is -2.25. The summed E-state index contributed by atoms with van der Waals surface area (Å²) in [6.07, 6.45) is 2.03. The summed E-state index contributed by atoms with van der Waals surface area (Å²) in [5.41, 5.74) is 0.544. The molecule has 0 N–H and O–H groups in total. The number of ether oxygens (including phenoxy) is 2.